The Hall–Kier alpha value is -2.84. The minimum atomic E-state index is -0.267. The molecule has 7 nitrogen and oxygen atoms in total. The minimum Gasteiger partial charge on any atom is -0.495 e. The van der Waals surface area contributed by atoms with Crippen LogP contribution in [-0.4, -0.2) is 52.2 Å². The first-order valence-electron chi connectivity index (χ1n) is 10.6. The molecule has 0 saturated carbocycles. The molecule has 0 aromatic carbocycles. The first-order valence-corrected chi connectivity index (χ1v) is 10.6. The zero-order chi connectivity index (χ0) is 21.8. The number of aryl methyl sites for hydroxylation is 1. The van der Waals surface area contributed by atoms with Gasteiger partial charge >= 0.3 is 0 Å². The molecule has 3 aromatic rings. The highest BCUT2D eigenvalue weighted by Crippen LogP contribution is 2.17. The number of nitrogens with zero attached hydrogens (tertiary/aromatic N) is 4. The van der Waals surface area contributed by atoms with Crippen molar-refractivity contribution in [1.82, 2.24) is 24.8 Å². The first kappa shape index (κ1) is 21.4. The van der Waals surface area contributed by atoms with Crippen molar-refractivity contribution in [1.29, 1.82) is 0 Å². The van der Waals surface area contributed by atoms with Crippen molar-refractivity contribution >= 4 is 11.0 Å². The lowest BCUT2D eigenvalue weighted by molar-refractivity contribution is 0.191. The molecule has 31 heavy (non-hydrogen) atoms. The van der Waals surface area contributed by atoms with Crippen LogP contribution in [0.3, 0.4) is 0 Å². The number of fused-ring (bicyclic) bond motifs is 1. The van der Waals surface area contributed by atoms with Gasteiger partial charge in [0.25, 0.3) is 5.56 Å². The number of hydrogen-bond donors (Lipinski definition) is 1. The fourth-order valence-electron chi connectivity index (χ4n) is 4.04. The fourth-order valence-corrected chi connectivity index (χ4v) is 4.04. The number of likely N-dealkylation sites (tertiary alicyclic amines) is 1. The van der Waals surface area contributed by atoms with E-state index in [1.807, 2.05) is 6.07 Å². The Morgan fingerprint density at radius 2 is 2.00 bits per heavy atom. The van der Waals surface area contributed by atoms with Gasteiger partial charge in [-0.3, -0.25) is 14.8 Å². The molecule has 0 spiro atoms. The second kappa shape index (κ2) is 9.53. The third kappa shape index (κ3) is 5.08. The van der Waals surface area contributed by atoms with E-state index in [0.717, 1.165) is 49.2 Å². The Morgan fingerprint density at radius 3 is 2.74 bits per heavy atom. The van der Waals surface area contributed by atoms with Gasteiger partial charge in [-0.1, -0.05) is 0 Å². The molecule has 0 bridgehead atoms. The van der Waals surface area contributed by atoms with E-state index >= 15 is 0 Å². The molecule has 4 heterocycles. The van der Waals surface area contributed by atoms with E-state index < -0.39 is 0 Å². The quantitative estimate of drug-likeness (QED) is 0.627. The molecule has 1 saturated heterocycles. The lowest BCUT2D eigenvalue weighted by atomic mass is 10.0. The van der Waals surface area contributed by atoms with E-state index in [4.69, 9.17) is 4.74 Å². The number of hydrogen-bond acceptors (Lipinski definition) is 6. The van der Waals surface area contributed by atoms with Crippen molar-refractivity contribution < 1.29 is 9.13 Å². The average molecular weight is 426 g/mol. The van der Waals surface area contributed by atoms with Crippen LogP contribution in [0.25, 0.3) is 11.0 Å². The Bertz CT molecular complexity index is 1110. The van der Waals surface area contributed by atoms with Crippen molar-refractivity contribution in [3.05, 3.63) is 64.1 Å². The fraction of sp³-hybridized carbons (Fsp3) is 0.435. The number of ether oxygens (including phenoxy) is 1. The van der Waals surface area contributed by atoms with Gasteiger partial charge in [-0.15, -0.1) is 0 Å². The predicted molar refractivity (Wildman–Crippen MR) is 118 cm³/mol. The first-order chi connectivity index (χ1) is 15.0. The van der Waals surface area contributed by atoms with Gasteiger partial charge in [0.15, 0.2) is 0 Å². The molecule has 8 heteroatoms. The smallest absolute Gasteiger partial charge is 0.251 e. The summed E-state index contributed by atoms with van der Waals surface area (Å²) in [6, 6.07) is 8.81. The number of pyridine rings is 3. The van der Waals surface area contributed by atoms with E-state index in [1.165, 1.54) is 6.07 Å². The molecular formula is C23H28FN5O2. The van der Waals surface area contributed by atoms with Crippen LogP contribution < -0.4 is 15.6 Å². The molecule has 1 aliphatic rings. The lowest BCUT2D eigenvalue weighted by Crippen LogP contribution is -2.43. The third-order valence-electron chi connectivity index (χ3n) is 5.93. The van der Waals surface area contributed by atoms with Crippen molar-refractivity contribution in [2.24, 2.45) is 0 Å². The summed E-state index contributed by atoms with van der Waals surface area (Å²) >= 11 is 0. The van der Waals surface area contributed by atoms with E-state index in [0.29, 0.717) is 30.6 Å². The average Bonchev–Trinajstić information content (AvgIpc) is 2.79. The van der Waals surface area contributed by atoms with Gasteiger partial charge in [-0.05, 0) is 51.1 Å². The molecule has 4 rings (SSSR count). The summed E-state index contributed by atoms with van der Waals surface area (Å²) in [4.78, 5) is 23.5. The van der Waals surface area contributed by atoms with E-state index in [9.17, 15) is 9.18 Å². The molecule has 1 fully saturated rings. The molecule has 164 valence electrons. The SMILES string of the molecule is COc1cnc2ccc(=O)n(CCN3CCC(NCc4ccc(F)c(C)n4)CC3)c2c1. The summed E-state index contributed by atoms with van der Waals surface area (Å²) in [5, 5.41) is 3.54. The van der Waals surface area contributed by atoms with Crippen LogP contribution >= 0.6 is 0 Å². The molecule has 1 aliphatic heterocycles. The molecule has 0 unspecified atom stereocenters. The maximum Gasteiger partial charge on any atom is 0.251 e. The topological polar surface area (TPSA) is 72.3 Å². The number of halogens is 1. The van der Waals surface area contributed by atoms with Crippen molar-refractivity contribution in [3.8, 4) is 5.75 Å². The molecule has 0 atom stereocenters. The number of piperidine rings is 1. The normalized spacial score (nSPS) is 15.5. The monoisotopic (exact) mass is 425 g/mol. The van der Waals surface area contributed by atoms with Gasteiger partial charge in [0.05, 0.1) is 35.7 Å². The second-order valence-electron chi connectivity index (χ2n) is 7.97. The Labute approximate surface area is 180 Å². The highest BCUT2D eigenvalue weighted by molar-refractivity contribution is 5.75. The largest absolute Gasteiger partial charge is 0.495 e. The summed E-state index contributed by atoms with van der Waals surface area (Å²) in [6.07, 6.45) is 3.72. The van der Waals surface area contributed by atoms with Crippen molar-refractivity contribution in [2.75, 3.05) is 26.7 Å². The molecular weight excluding hydrogens is 397 g/mol. The summed E-state index contributed by atoms with van der Waals surface area (Å²) in [7, 11) is 1.60. The van der Waals surface area contributed by atoms with E-state index in [2.05, 4.69) is 20.2 Å². The predicted octanol–water partition coefficient (Wildman–Crippen LogP) is 2.50. The highest BCUT2D eigenvalue weighted by atomic mass is 19.1. The summed E-state index contributed by atoms with van der Waals surface area (Å²) in [5.41, 5.74) is 2.85. The van der Waals surface area contributed by atoms with Gasteiger partial charge in [0.1, 0.15) is 11.6 Å². The van der Waals surface area contributed by atoms with Crippen LogP contribution in [0.15, 0.2) is 41.3 Å². The van der Waals surface area contributed by atoms with Crippen LogP contribution in [0.5, 0.6) is 5.75 Å². The van der Waals surface area contributed by atoms with Crippen molar-refractivity contribution in [3.63, 3.8) is 0 Å². The van der Waals surface area contributed by atoms with Gasteiger partial charge in [0.2, 0.25) is 0 Å². The highest BCUT2D eigenvalue weighted by Gasteiger charge is 2.19. The summed E-state index contributed by atoms with van der Waals surface area (Å²) in [5.74, 6) is 0.376. The Morgan fingerprint density at radius 1 is 1.19 bits per heavy atom. The molecule has 3 aromatic heterocycles. The van der Waals surface area contributed by atoms with Crippen LogP contribution in [0.1, 0.15) is 24.2 Å². The van der Waals surface area contributed by atoms with E-state index in [1.54, 1.807) is 43.0 Å². The number of methoxy groups -OCH3 is 1. The molecule has 0 amide bonds. The molecule has 1 N–H and O–H groups in total. The summed E-state index contributed by atoms with van der Waals surface area (Å²) < 4.78 is 20.4. The molecule has 0 radical (unpaired) electrons. The number of rotatable bonds is 7. The van der Waals surface area contributed by atoms with Crippen molar-refractivity contribution in [2.45, 2.75) is 38.9 Å². The Balaban J connectivity index is 1.31. The standard InChI is InChI=1S/C23H28FN5O2/c1-16-20(24)4-3-18(27-16)14-25-17-7-9-28(10-8-17)11-12-29-22-13-19(31-2)15-26-21(22)5-6-23(29)30/h3-6,13,15,17,25H,7-12,14H2,1-2H3. The van der Waals surface area contributed by atoms with Crippen LogP contribution in [0.4, 0.5) is 4.39 Å². The number of nitrogens with one attached hydrogen (secondary N) is 1. The zero-order valence-electron chi connectivity index (χ0n) is 18.0. The Kier molecular flexibility index (Phi) is 6.58. The zero-order valence-corrected chi connectivity index (χ0v) is 18.0. The maximum atomic E-state index is 13.4. The lowest BCUT2D eigenvalue weighted by Gasteiger charge is -2.32. The number of aromatic nitrogens is 3. The van der Waals surface area contributed by atoms with E-state index in [-0.39, 0.29) is 11.4 Å². The summed E-state index contributed by atoms with van der Waals surface area (Å²) in [6.45, 7) is 5.68. The van der Waals surface area contributed by atoms with Gasteiger partial charge < -0.3 is 19.5 Å². The van der Waals surface area contributed by atoms with Gasteiger partial charge in [-0.25, -0.2) is 4.39 Å². The maximum absolute atomic E-state index is 13.4. The van der Waals surface area contributed by atoms with Gasteiger partial charge in [0, 0.05) is 37.8 Å². The minimum absolute atomic E-state index is 0.0267. The van der Waals surface area contributed by atoms with Gasteiger partial charge in [-0.2, -0.15) is 0 Å². The third-order valence-corrected chi connectivity index (χ3v) is 5.93. The van der Waals surface area contributed by atoms with Crippen LogP contribution in [0.2, 0.25) is 0 Å². The molecule has 0 aliphatic carbocycles. The van der Waals surface area contributed by atoms with Crippen LogP contribution in [-0.2, 0) is 13.1 Å². The van der Waals surface area contributed by atoms with Crippen LogP contribution in [0, 0.1) is 12.7 Å². The second-order valence-corrected chi connectivity index (χ2v) is 7.97.